The van der Waals surface area contributed by atoms with Crippen LogP contribution in [0.4, 0.5) is 4.79 Å². The molecular formula is C9H18N2O3S. The molecule has 1 aliphatic rings. The lowest BCUT2D eigenvalue weighted by Gasteiger charge is -2.13. The van der Waals surface area contributed by atoms with Gasteiger partial charge in [0.1, 0.15) is 9.84 Å². The minimum absolute atomic E-state index is 0.0156. The molecule has 0 radical (unpaired) electrons. The number of rotatable bonds is 5. The van der Waals surface area contributed by atoms with Gasteiger partial charge in [-0.1, -0.05) is 0 Å². The Balaban J connectivity index is 2.13. The molecule has 2 N–H and O–H groups in total. The third-order valence-corrected chi connectivity index (χ3v) is 3.39. The van der Waals surface area contributed by atoms with Crippen molar-refractivity contribution in [3.63, 3.8) is 0 Å². The van der Waals surface area contributed by atoms with Gasteiger partial charge in [0.15, 0.2) is 0 Å². The Labute approximate surface area is 90.5 Å². The topological polar surface area (TPSA) is 75.3 Å². The van der Waals surface area contributed by atoms with Gasteiger partial charge >= 0.3 is 6.03 Å². The van der Waals surface area contributed by atoms with Crippen molar-refractivity contribution in [3.05, 3.63) is 0 Å². The summed E-state index contributed by atoms with van der Waals surface area (Å²) >= 11 is 0. The first kappa shape index (κ1) is 12.3. The molecule has 2 amide bonds. The van der Waals surface area contributed by atoms with Gasteiger partial charge in [0.05, 0.1) is 5.75 Å². The Kier molecular flexibility index (Phi) is 3.96. The van der Waals surface area contributed by atoms with Crippen molar-refractivity contribution in [3.8, 4) is 0 Å². The average Bonchev–Trinajstić information content (AvgIpc) is 2.82. The Morgan fingerprint density at radius 3 is 2.53 bits per heavy atom. The van der Waals surface area contributed by atoms with Gasteiger partial charge < -0.3 is 10.6 Å². The fourth-order valence-corrected chi connectivity index (χ4v) is 1.79. The predicted molar refractivity (Wildman–Crippen MR) is 58.4 cm³/mol. The summed E-state index contributed by atoms with van der Waals surface area (Å²) in [6, 6.07) is -0.0960. The number of sulfone groups is 1. The van der Waals surface area contributed by atoms with E-state index in [-0.39, 0.29) is 24.4 Å². The van der Waals surface area contributed by atoms with Gasteiger partial charge in [-0.25, -0.2) is 13.2 Å². The summed E-state index contributed by atoms with van der Waals surface area (Å²) in [5.41, 5.74) is 0. The number of hydrogen-bond acceptors (Lipinski definition) is 3. The molecule has 1 atom stereocenters. The van der Waals surface area contributed by atoms with Gasteiger partial charge in [0.2, 0.25) is 0 Å². The predicted octanol–water partition coefficient (Wildman–Crippen LogP) is 0.129. The highest BCUT2D eigenvalue weighted by Gasteiger charge is 2.28. The van der Waals surface area contributed by atoms with Crippen LogP contribution in [0.3, 0.4) is 0 Å². The number of carbonyl (C=O) groups is 1. The Bertz CT molecular complexity index is 322. The first-order valence-electron chi connectivity index (χ1n) is 5.10. The maximum absolute atomic E-state index is 11.3. The van der Waals surface area contributed by atoms with Crippen LogP contribution < -0.4 is 10.6 Å². The zero-order chi connectivity index (χ0) is 11.5. The zero-order valence-corrected chi connectivity index (χ0v) is 9.93. The van der Waals surface area contributed by atoms with Crippen LogP contribution in [0.1, 0.15) is 19.8 Å². The largest absolute Gasteiger partial charge is 0.337 e. The molecule has 5 nitrogen and oxygen atoms in total. The molecule has 1 unspecified atom stereocenters. The van der Waals surface area contributed by atoms with Gasteiger partial charge in [-0.2, -0.15) is 0 Å². The summed E-state index contributed by atoms with van der Waals surface area (Å²) in [4.78, 5) is 11.3. The molecule has 0 aromatic carbocycles. The highest BCUT2D eigenvalue weighted by molar-refractivity contribution is 7.90. The van der Waals surface area contributed by atoms with Crippen molar-refractivity contribution in [2.24, 2.45) is 5.92 Å². The summed E-state index contributed by atoms with van der Waals surface area (Å²) in [6.07, 6.45) is 3.50. The van der Waals surface area contributed by atoms with Crippen molar-refractivity contribution in [1.29, 1.82) is 0 Å². The highest BCUT2D eigenvalue weighted by Crippen LogP contribution is 2.32. The SMILES string of the molecule is CC(NC(=O)NCCS(C)(=O)=O)C1CC1. The van der Waals surface area contributed by atoms with Crippen molar-refractivity contribution in [1.82, 2.24) is 10.6 Å². The van der Waals surface area contributed by atoms with Crippen molar-refractivity contribution >= 4 is 15.9 Å². The molecule has 0 saturated heterocycles. The fraction of sp³-hybridized carbons (Fsp3) is 0.889. The monoisotopic (exact) mass is 234 g/mol. The lowest BCUT2D eigenvalue weighted by atomic mass is 10.2. The minimum Gasteiger partial charge on any atom is -0.337 e. The van der Waals surface area contributed by atoms with E-state index in [1.54, 1.807) is 0 Å². The van der Waals surface area contributed by atoms with Crippen LogP contribution in [0.2, 0.25) is 0 Å². The van der Waals surface area contributed by atoms with Crippen molar-refractivity contribution in [2.75, 3.05) is 18.6 Å². The molecule has 1 rings (SSSR count). The maximum Gasteiger partial charge on any atom is 0.315 e. The maximum atomic E-state index is 11.3. The van der Waals surface area contributed by atoms with Crippen LogP contribution in [0.5, 0.6) is 0 Å². The molecule has 15 heavy (non-hydrogen) atoms. The van der Waals surface area contributed by atoms with Gasteiger partial charge in [-0.15, -0.1) is 0 Å². The van der Waals surface area contributed by atoms with E-state index in [9.17, 15) is 13.2 Å². The number of carbonyl (C=O) groups excluding carboxylic acids is 1. The summed E-state index contributed by atoms with van der Waals surface area (Å²) < 4.78 is 21.6. The molecule has 0 spiro atoms. The van der Waals surface area contributed by atoms with E-state index in [0.29, 0.717) is 5.92 Å². The molecular weight excluding hydrogens is 216 g/mol. The van der Waals surface area contributed by atoms with Gasteiger partial charge in [-0.3, -0.25) is 0 Å². The Morgan fingerprint density at radius 2 is 2.07 bits per heavy atom. The zero-order valence-electron chi connectivity index (χ0n) is 9.12. The van der Waals surface area contributed by atoms with Crippen LogP contribution >= 0.6 is 0 Å². The summed E-state index contributed by atoms with van der Waals surface area (Å²) in [7, 11) is -2.99. The smallest absolute Gasteiger partial charge is 0.315 e. The Hall–Kier alpha value is -0.780. The van der Waals surface area contributed by atoms with Gasteiger partial charge in [0.25, 0.3) is 0 Å². The van der Waals surface area contributed by atoms with Crippen molar-refractivity contribution in [2.45, 2.75) is 25.8 Å². The number of urea groups is 1. The van der Waals surface area contributed by atoms with Crippen molar-refractivity contribution < 1.29 is 13.2 Å². The summed E-state index contributed by atoms with van der Waals surface area (Å²) in [6.45, 7) is 2.13. The van der Waals surface area contributed by atoms with E-state index in [4.69, 9.17) is 0 Å². The molecule has 0 aromatic rings. The molecule has 1 aliphatic carbocycles. The molecule has 88 valence electrons. The third-order valence-electron chi connectivity index (χ3n) is 2.45. The van der Waals surface area contributed by atoms with Crippen LogP contribution in [-0.2, 0) is 9.84 Å². The van der Waals surface area contributed by atoms with E-state index in [1.807, 2.05) is 6.92 Å². The average molecular weight is 234 g/mol. The van der Waals surface area contributed by atoms with Gasteiger partial charge in [-0.05, 0) is 25.7 Å². The minimum atomic E-state index is -2.99. The first-order valence-corrected chi connectivity index (χ1v) is 7.16. The van der Waals surface area contributed by atoms with E-state index >= 15 is 0 Å². The fourth-order valence-electron chi connectivity index (χ4n) is 1.32. The van der Waals surface area contributed by atoms with E-state index < -0.39 is 9.84 Å². The second-order valence-corrected chi connectivity index (χ2v) is 6.42. The van der Waals surface area contributed by atoms with Crippen LogP contribution in [-0.4, -0.2) is 39.0 Å². The van der Waals surface area contributed by atoms with Crippen LogP contribution in [0.15, 0.2) is 0 Å². The van der Waals surface area contributed by atoms with E-state index in [0.717, 1.165) is 6.26 Å². The quantitative estimate of drug-likeness (QED) is 0.710. The van der Waals surface area contributed by atoms with E-state index in [1.165, 1.54) is 12.8 Å². The standard InChI is InChI=1S/C9H18N2O3S/c1-7(8-3-4-8)11-9(12)10-5-6-15(2,13)14/h7-8H,3-6H2,1-2H3,(H2,10,11,12). The van der Waals surface area contributed by atoms with Gasteiger partial charge in [0, 0.05) is 18.8 Å². The third kappa shape index (κ3) is 5.61. The molecule has 0 bridgehead atoms. The number of nitrogens with one attached hydrogen (secondary N) is 2. The molecule has 0 aromatic heterocycles. The molecule has 6 heteroatoms. The highest BCUT2D eigenvalue weighted by atomic mass is 32.2. The first-order chi connectivity index (χ1) is 6.88. The second kappa shape index (κ2) is 4.83. The summed E-state index contributed by atoms with van der Waals surface area (Å²) in [5.74, 6) is 0.587. The molecule has 1 fully saturated rings. The van der Waals surface area contributed by atoms with E-state index in [2.05, 4.69) is 10.6 Å². The second-order valence-electron chi connectivity index (χ2n) is 4.16. The summed E-state index contributed by atoms with van der Waals surface area (Å²) in [5, 5.41) is 5.31. The Morgan fingerprint density at radius 1 is 1.47 bits per heavy atom. The number of amides is 2. The van der Waals surface area contributed by atoms with Crippen LogP contribution in [0.25, 0.3) is 0 Å². The normalized spacial score (nSPS) is 18.3. The molecule has 0 heterocycles. The van der Waals surface area contributed by atoms with Crippen LogP contribution in [0, 0.1) is 5.92 Å². The lowest BCUT2D eigenvalue weighted by Crippen LogP contribution is -2.43. The molecule has 1 saturated carbocycles. The molecule has 0 aliphatic heterocycles. The number of hydrogen-bond donors (Lipinski definition) is 2. The lowest BCUT2D eigenvalue weighted by molar-refractivity contribution is 0.237.